The van der Waals surface area contributed by atoms with Crippen molar-refractivity contribution in [2.75, 3.05) is 13.2 Å². The zero-order valence-corrected chi connectivity index (χ0v) is 21.9. The highest BCUT2D eigenvalue weighted by molar-refractivity contribution is 5.87. The molecule has 0 radical (unpaired) electrons. The van der Waals surface area contributed by atoms with Crippen molar-refractivity contribution in [3.8, 4) is 0 Å². The number of rotatable bonds is 14. The van der Waals surface area contributed by atoms with Crippen LogP contribution in [0.5, 0.6) is 0 Å². The van der Waals surface area contributed by atoms with Gasteiger partial charge in [0.25, 0.3) is 0 Å². The van der Waals surface area contributed by atoms with Gasteiger partial charge in [-0.3, -0.25) is 24.0 Å². The van der Waals surface area contributed by atoms with Gasteiger partial charge in [-0.05, 0) is 12.5 Å². The maximum Gasteiger partial charge on any atom is 0.303 e. The second kappa shape index (κ2) is 15.9. The van der Waals surface area contributed by atoms with E-state index in [9.17, 15) is 24.0 Å². The fourth-order valence-corrected chi connectivity index (χ4v) is 4.00. The first-order chi connectivity index (χ1) is 17.0. The van der Waals surface area contributed by atoms with E-state index >= 15 is 0 Å². The van der Waals surface area contributed by atoms with Crippen LogP contribution >= 0.6 is 0 Å². The van der Waals surface area contributed by atoms with Gasteiger partial charge in [0.05, 0.1) is 0 Å². The third kappa shape index (κ3) is 10.3. The van der Waals surface area contributed by atoms with E-state index in [1.54, 1.807) is 0 Å². The molecule has 0 aliphatic carbocycles. The Morgan fingerprint density at radius 1 is 0.778 bits per heavy atom. The molecule has 1 saturated heterocycles. The van der Waals surface area contributed by atoms with Gasteiger partial charge in [-0.2, -0.15) is 0 Å². The smallest absolute Gasteiger partial charge is 0.303 e. The highest BCUT2D eigenvalue weighted by atomic mass is 16.7. The third-order valence-electron chi connectivity index (χ3n) is 5.48. The Labute approximate surface area is 212 Å². The van der Waals surface area contributed by atoms with Crippen LogP contribution in [0.25, 0.3) is 0 Å². The molecule has 0 aromatic carbocycles. The van der Waals surface area contributed by atoms with Crippen molar-refractivity contribution in [2.45, 2.75) is 104 Å². The summed E-state index contributed by atoms with van der Waals surface area (Å²) in [5.41, 5.74) is 0. The van der Waals surface area contributed by atoms with Gasteiger partial charge < -0.3 is 28.6 Å². The van der Waals surface area contributed by atoms with Crippen LogP contribution in [0.2, 0.25) is 0 Å². The summed E-state index contributed by atoms with van der Waals surface area (Å²) in [4.78, 5) is 61.6. The van der Waals surface area contributed by atoms with Crippen molar-refractivity contribution >= 4 is 29.8 Å². The van der Waals surface area contributed by atoms with E-state index in [1.807, 2.05) is 0 Å². The number of esters is 4. The lowest BCUT2D eigenvalue weighted by molar-refractivity contribution is -0.275. The van der Waals surface area contributed by atoms with Gasteiger partial charge >= 0.3 is 23.9 Å². The zero-order valence-electron chi connectivity index (χ0n) is 21.9. The fraction of sp³-hybridized carbons (Fsp3) is 0.720. The standard InChI is InChI=1S/C25H39NO10/c1-7-9-10-11-12-13-14-26(21(31)8-2)25-24(35-19(6)30)23(34-18(5)29)22(33-17(4)28)20(36-25)15-32-16(3)27/h8,20,22-25H,2,7,9-15H2,1,3-6H3/t20-,22-,23+,24-,25-/m1/s1. The van der Waals surface area contributed by atoms with Gasteiger partial charge in [0, 0.05) is 34.2 Å². The zero-order chi connectivity index (χ0) is 27.3. The fourth-order valence-electron chi connectivity index (χ4n) is 4.00. The summed E-state index contributed by atoms with van der Waals surface area (Å²) in [7, 11) is 0. The molecular weight excluding hydrogens is 474 g/mol. The van der Waals surface area contributed by atoms with Crippen molar-refractivity contribution < 1.29 is 47.7 Å². The van der Waals surface area contributed by atoms with E-state index in [4.69, 9.17) is 23.7 Å². The molecule has 5 atom stereocenters. The van der Waals surface area contributed by atoms with Gasteiger partial charge in [0.1, 0.15) is 12.7 Å². The number of unbranched alkanes of at least 4 members (excludes halogenated alkanes) is 5. The minimum Gasteiger partial charge on any atom is -0.463 e. The number of carbonyl (C=O) groups excluding carboxylic acids is 5. The molecule has 0 saturated carbocycles. The van der Waals surface area contributed by atoms with E-state index in [0.717, 1.165) is 59.0 Å². The van der Waals surface area contributed by atoms with Crippen molar-refractivity contribution in [2.24, 2.45) is 0 Å². The summed E-state index contributed by atoms with van der Waals surface area (Å²) in [6, 6.07) is 0. The highest BCUT2D eigenvalue weighted by Gasteiger charge is 2.54. The molecule has 0 unspecified atom stereocenters. The number of hydrogen-bond acceptors (Lipinski definition) is 10. The maximum atomic E-state index is 12.9. The van der Waals surface area contributed by atoms with Crippen molar-refractivity contribution in [3.05, 3.63) is 12.7 Å². The van der Waals surface area contributed by atoms with Crippen molar-refractivity contribution in [1.82, 2.24) is 4.90 Å². The van der Waals surface area contributed by atoms with E-state index in [1.165, 1.54) is 11.8 Å². The highest BCUT2D eigenvalue weighted by Crippen LogP contribution is 2.31. The van der Waals surface area contributed by atoms with Crippen LogP contribution in [0.1, 0.15) is 73.1 Å². The van der Waals surface area contributed by atoms with Crippen LogP contribution in [0, 0.1) is 0 Å². The van der Waals surface area contributed by atoms with Crippen LogP contribution in [0.15, 0.2) is 12.7 Å². The Morgan fingerprint density at radius 2 is 1.31 bits per heavy atom. The second-order valence-electron chi connectivity index (χ2n) is 8.59. The molecule has 0 N–H and O–H groups in total. The Bertz CT molecular complexity index is 783. The predicted molar refractivity (Wildman–Crippen MR) is 127 cm³/mol. The van der Waals surface area contributed by atoms with E-state index in [0.29, 0.717) is 6.42 Å². The van der Waals surface area contributed by atoms with Crippen LogP contribution in [-0.4, -0.2) is 78.5 Å². The summed E-state index contributed by atoms with van der Waals surface area (Å²) in [5, 5.41) is 0. The van der Waals surface area contributed by atoms with Crippen LogP contribution < -0.4 is 0 Å². The maximum absolute atomic E-state index is 12.9. The number of ether oxygens (including phenoxy) is 5. The Hall–Kier alpha value is -2.95. The van der Waals surface area contributed by atoms with Crippen LogP contribution in [-0.2, 0) is 47.7 Å². The van der Waals surface area contributed by atoms with Gasteiger partial charge in [-0.15, -0.1) is 0 Å². The van der Waals surface area contributed by atoms with Gasteiger partial charge in [0.15, 0.2) is 24.5 Å². The quantitative estimate of drug-likeness (QED) is 0.147. The molecule has 1 fully saturated rings. The molecule has 0 aromatic rings. The Balaban J connectivity index is 3.39. The summed E-state index contributed by atoms with van der Waals surface area (Å²) >= 11 is 0. The molecule has 36 heavy (non-hydrogen) atoms. The van der Waals surface area contributed by atoms with Crippen LogP contribution in [0.4, 0.5) is 0 Å². The first-order valence-electron chi connectivity index (χ1n) is 12.2. The molecule has 0 bridgehead atoms. The Kier molecular flexibility index (Phi) is 13.7. The number of hydrogen-bond donors (Lipinski definition) is 0. The summed E-state index contributed by atoms with van der Waals surface area (Å²) in [5.74, 6) is -3.30. The van der Waals surface area contributed by atoms with Gasteiger partial charge in [-0.25, -0.2) is 0 Å². The molecule has 11 nitrogen and oxygen atoms in total. The molecule has 0 aromatic heterocycles. The summed E-state index contributed by atoms with van der Waals surface area (Å²) in [6.45, 7) is 10.2. The number of amides is 1. The van der Waals surface area contributed by atoms with Crippen molar-refractivity contribution in [1.29, 1.82) is 0 Å². The predicted octanol–water partition coefficient (Wildman–Crippen LogP) is 2.44. The summed E-state index contributed by atoms with van der Waals surface area (Å²) < 4.78 is 27.5. The lowest BCUT2D eigenvalue weighted by Gasteiger charge is -2.47. The largest absolute Gasteiger partial charge is 0.463 e. The topological polar surface area (TPSA) is 135 Å². The Morgan fingerprint density at radius 3 is 1.83 bits per heavy atom. The molecular formula is C25H39NO10. The van der Waals surface area contributed by atoms with Crippen LogP contribution in [0.3, 0.4) is 0 Å². The molecule has 11 heteroatoms. The minimum absolute atomic E-state index is 0.241. The second-order valence-corrected chi connectivity index (χ2v) is 8.59. The number of nitrogens with zero attached hydrogens (tertiary/aromatic N) is 1. The third-order valence-corrected chi connectivity index (χ3v) is 5.48. The molecule has 1 amide bonds. The molecule has 1 aliphatic rings. The average molecular weight is 514 g/mol. The SMILES string of the molecule is C=CC(=O)N(CCCCCCCC)[C@@H]1O[C@H](COC(C)=O)[C@@H](OC(C)=O)[C@H](OC(C)=O)[C@H]1OC(C)=O. The average Bonchev–Trinajstić information content (AvgIpc) is 2.79. The molecule has 0 spiro atoms. The van der Waals surface area contributed by atoms with E-state index in [2.05, 4.69) is 13.5 Å². The van der Waals surface area contributed by atoms with Gasteiger partial charge in [-0.1, -0.05) is 45.6 Å². The number of carbonyl (C=O) groups is 5. The molecule has 204 valence electrons. The van der Waals surface area contributed by atoms with E-state index in [-0.39, 0.29) is 13.2 Å². The summed E-state index contributed by atoms with van der Waals surface area (Å²) in [6.07, 6.45) is 0.589. The molecule has 1 rings (SSSR count). The lowest BCUT2D eigenvalue weighted by Crippen LogP contribution is -2.66. The molecule has 1 heterocycles. The minimum atomic E-state index is -1.33. The van der Waals surface area contributed by atoms with Crippen molar-refractivity contribution in [3.63, 3.8) is 0 Å². The first kappa shape index (κ1) is 31.1. The lowest BCUT2D eigenvalue weighted by atomic mass is 9.96. The first-order valence-corrected chi connectivity index (χ1v) is 12.2. The van der Waals surface area contributed by atoms with E-state index < -0.39 is 60.4 Å². The molecule has 1 aliphatic heterocycles. The monoisotopic (exact) mass is 513 g/mol. The van der Waals surface area contributed by atoms with Gasteiger partial charge in [0.2, 0.25) is 5.91 Å². The normalized spacial score (nSPS) is 23.2.